The van der Waals surface area contributed by atoms with Gasteiger partial charge in [0, 0.05) is 11.0 Å². The van der Waals surface area contributed by atoms with Gasteiger partial charge in [-0.3, -0.25) is 14.9 Å². The van der Waals surface area contributed by atoms with Gasteiger partial charge >= 0.3 is 0 Å². The van der Waals surface area contributed by atoms with E-state index in [9.17, 15) is 14.7 Å². The number of aromatic hydroxyl groups is 1. The molecule has 2 aromatic carbocycles. The quantitative estimate of drug-likeness (QED) is 0.794. The van der Waals surface area contributed by atoms with Gasteiger partial charge in [-0.25, -0.2) is 0 Å². The molecule has 2 N–H and O–H groups in total. The Bertz CT molecular complexity index is 980. The van der Waals surface area contributed by atoms with Crippen molar-refractivity contribution in [2.24, 2.45) is 0 Å². The first-order valence-electron chi connectivity index (χ1n) is 7.78. The average molecular weight is 317 g/mol. The Kier molecular flexibility index (Phi) is 3.31. The maximum atomic E-state index is 11.8. The molecule has 0 atom stereocenters. The van der Waals surface area contributed by atoms with E-state index in [4.69, 9.17) is 0 Å². The molecule has 24 heavy (non-hydrogen) atoms. The number of carbonyl (C=O) groups excluding carboxylic acids is 2. The predicted octanol–water partition coefficient (Wildman–Crippen LogP) is 3.23. The van der Waals surface area contributed by atoms with Crippen LogP contribution in [0.4, 0.5) is 0 Å². The van der Waals surface area contributed by atoms with Gasteiger partial charge in [-0.05, 0) is 40.6 Å². The van der Waals surface area contributed by atoms with Crippen molar-refractivity contribution in [1.29, 1.82) is 0 Å². The first-order valence-corrected chi connectivity index (χ1v) is 7.78. The summed E-state index contributed by atoms with van der Waals surface area (Å²) in [6.07, 6.45) is 6.57. The number of carbonyl (C=O) groups is 2. The van der Waals surface area contributed by atoms with Crippen molar-refractivity contribution in [3.8, 4) is 5.75 Å². The summed E-state index contributed by atoms with van der Waals surface area (Å²) < 4.78 is 0. The van der Waals surface area contributed by atoms with Crippen molar-refractivity contribution in [1.82, 2.24) is 5.32 Å². The molecule has 4 nitrogen and oxygen atoms in total. The van der Waals surface area contributed by atoms with E-state index >= 15 is 0 Å². The first-order chi connectivity index (χ1) is 11.6. The van der Waals surface area contributed by atoms with Gasteiger partial charge in [0.15, 0.2) is 0 Å². The van der Waals surface area contributed by atoms with Crippen LogP contribution >= 0.6 is 0 Å². The van der Waals surface area contributed by atoms with Crippen LogP contribution in [0.3, 0.4) is 0 Å². The Morgan fingerprint density at radius 1 is 1.12 bits per heavy atom. The number of rotatable bonds is 1. The van der Waals surface area contributed by atoms with Gasteiger partial charge in [0.2, 0.25) is 5.91 Å². The van der Waals surface area contributed by atoms with Crippen LogP contribution in [-0.2, 0) is 9.59 Å². The number of piperidine rings is 1. The molecule has 4 rings (SSSR count). The van der Waals surface area contributed by atoms with Crippen LogP contribution in [0.2, 0.25) is 0 Å². The minimum Gasteiger partial charge on any atom is -0.507 e. The fourth-order valence-electron chi connectivity index (χ4n) is 3.22. The zero-order chi connectivity index (χ0) is 16.7. The fourth-order valence-corrected chi connectivity index (χ4v) is 3.22. The summed E-state index contributed by atoms with van der Waals surface area (Å²) in [7, 11) is 0. The van der Waals surface area contributed by atoms with Gasteiger partial charge in [0.1, 0.15) is 5.75 Å². The van der Waals surface area contributed by atoms with Crippen molar-refractivity contribution >= 4 is 28.7 Å². The molecule has 1 aliphatic heterocycles. The first kappa shape index (κ1) is 14.5. The average Bonchev–Trinajstić information content (AvgIpc) is 2.54. The lowest BCUT2D eigenvalue weighted by molar-refractivity contribution is -0.129. The summed E-state index contributed by atoms with van der Waals surface area (Å²) in [4.78, 5) is 23.3. The summed E-state index contributed by atoms with van der Waals surface area (Å²) in [6, 6.07) is 11.4. The van der Waals surface area contributed by atoms with Crippen molar-refractivity contribution in [2.75, 3.05) is 0 Å². The molecule has 4 heteroatoms. The lowest BCUT2D eigenvalue weighted by Crippen LogP contribution is -2.37. The third kappa shape index (κ3) is 2.52. The number of hydrogen-bond acceptors (Lipinski definition) is 3. The number of amides is 2. The van der Waals surface area contributed by atoms with Gasteiger partial charge in [-0.1, -0.05) is 42.5 Å². The molecule has 2 aliphatic rings. The second-order valence-electron chi connectivity index (χ2n) is 6.03. The fraction of sp³-hybridized carbons (Fsp3) is 0.100. The van der Waals surface area contributed by atoms with Gasteiger partial charge in [-0.2, -0.15) is 0 Å². The molecule has 1 fully saturated rings. The van der Waals surface area contributed by atoms with Crippen molar-refractivity contribution in [2.45, 2.75) is 12.8 Å². The number of imide groups is 1. The summed E-state index contributed by atoms with van der Waals surface area (Å²) in [6.45, 7) is 0. The number of phenolic OH excluding ortho intramolecular Hbond substituents is 1. The molecule has 1 heterocycles. The maximum absolute atomic E-state index is 11.8. The van der Waals surface area contributed by atoms with E-state index in [0.29, 0.717) is 12.0 Å². The second-order valence-corrected chi connectivity index (χ2v) is 6.03. The number of fused-ring (bicyclic) bond motifs is 2. The molecule has 0 aromatic heterocycles. The summed E-state index contributed by atoms with van der Waals surface area (Å²) in [5.74, 6) is -0.347. The Morgan fingerprint density at radius 3 is 2.83 bits per heavy atom. The molecule has 0 radical (unpaired) electrons. The number of nitrogens with one attached hydrogen (secondary N) is 1. The highest BCUT2D eigenvalue weighted by Gasteiger charge is 2.26. The monoisotopic (exact) mass is 317 g/mol. The number of hydrogen-bond donors (Lipinski definition) is 2. The van der Waals surface area contributed by atoms with E-state index in [2.05, 4.69) is 5.32 Å². The van der Waals surface area contributed by atoms with Crippen LogP contribution in [0.25, 0.3) is 16.8 Å². The molecule has 2 amide bonds. The molecule has 0 saturated carbocycles. The third-order valence-electron chi connectivity index (χ3n) is 4.31. The number of benzene rings is 2. The number of phenols is 1. The van der Waals surface area contributed by atoms with E-state index < -0.39 is 0 Å². The highest BCUT2D eigenvalue weighted by molar-refractivity contribution is 6.12. The molecule has 1 saturated heterocycles. The highest BCUT2D eigenvalue weighted by atomic mass is 16.3. The Labute approximate surface area is 138 Å². The van der Waals surface area contributed by atoms with Crippen LogP contribution in [-0.4, -0.2) is 16.9 Å². The van der Waals surface area contributed by atoms with Gasteiger partial charge in [0.25, 0.3) is 5.91 Å². The van der Waals surface area contributed by atoms with Gasteiger partial charge in [-0.15, -0.1) is 0 Å². The summed E-state index contributed by atoms with van der Waals surface area (Å²) >= 11 is 0. The zero-order valence-electron chi connectivity index (χ0n) is 12.9. The van der Waals surface area contributed by atoms with Gasteiger partial charge < -0.3 is 5.11 Å². The van der Waals surface area contributed by atoms with E-state index in [1.165, 1.54) is 0 Å². The molecule has 0 bridgehead atoms. The van der Waals surface area contributed by atoms with E-state index in [0.717, 1.165) is 27.5 Å². The molecular formula is C20H15NO3. The molecule has 1 aliphatic carbocycles. The van der Waals surface area contributed by atoms with Crippen LogP contribution in [0, 0.1) is 0 Å². The van der Waals surface area contributed by atoms with Crippen LogP contribution < -0.4 is 5.32 Å². The number of allylic oxidation sites excluding steroid dienone is 3. The zero-order valence-corrected chi connectivity index (χ0v) is 12.9. The predicted molar refractivity (Wildman–Crippen MR) is 92.1 cm³/mol. The highest BCUT2D eigenvalue weighted by Crippen LogP contribution is 2.31. The Morgan fingerprint density at radius 2 is 1.96 bits per heavy atom. The minimum absolute atomic E-state index is 0.220. The SMILES string of the molecule is O=C1CC2=CC(=Cc3cc(O)c4ccccc4c3)CC=C2C(=O)N1. The molecule has 0 spiro atoms. The van der Waals surface area contributed by atoms with Crippen LogP contribution in [0.15, 0.2) is 65.3 Å². The molecular weight excluding hydrogens is 302 g/mol. The van der Waals surface area contributed by atoms with E-state index in [-0.39, 0.29) is 24.0 Å². The van der Waals surface area contributed by atoms with E-state index in [1.807, 2.05) is 48.6 Å². The Balaban J connectivity index is 1.72. The Hall–Kier alpha value is -3.14. The van der Waals surface area contributed by atoms with Crippen molar-refractivity contribution in [3.05, 3.63) is 70.8 Å². The maximum Gasteiger partial charge on any atom is 0.257 e. The van der Waals surface area contributed by atoms with Crippen LogP contribution in [0.5, 0.6) is 5.75 Å². The normalized spacial score (nSPS) is 18.9. The molecule has 118 valence electrons. The van der Waals surface area contributed by atoms with E-state index in [1.54, 1.807) is 6.07 Å². The summed E-state index contributed by atoms with van der Waals surface area (Å²) in [5, 5.41) is 14.3. The van der Waals surface area contributed by atoms with Crippen LogP contribution in [0.1, 0.15) is 18.4 Å². The van der Waals surface area contributed by atoms with Crippen molar-refractivity contribution in [3.63, 3.8) is 0 Å². The molecule has 2 aromatic rings. The van der Waals surface area contributed by atoms with Crippen molar-refractivity contribution < 1.29 is 14.7 Å². The molecule has 0 unspecified atom stereocenters. The van der Waals surface area contributed by atoms with Gasteiger partial charge in [0.05, 0.1) is 6.42 Å². The topological polar surface area (TPSA) is 66.4 Å². The third-order valence-corrected chi connectivity index (χ3v) is 4.31. The summed E-state index contributed by atoms with van der Waals surface area (Å²) in [5.41, 5.74) is 3.24. The smallest absolute Gasteiger partial charge is 0.257 e. The lowest BCUT2D eigenvalue weighted by Gasteiger charge is -2.21. The minimum atomic E-state index is -0.320. The standard InChI is InChI=1S/C20H15NO3/c22-18-10-13(9-14-3-1-2-4-16(14)18)7-12-5-6-17-15(8-12)11-19(23)21-20(17)24/h1-4,6-10,22H,5,11H2,(H,21,23,24). The largest absolute Gasteiger partial charge is 0.507 e. The lowest BCUT2D eigenvalue weighted by atomic mass is 9.88. The second kappa shape index (κ2) is 5.49.